The molecule has 0 aliphatic rings. The van der Waals surface area contributed by atoms with Gasteiger partial charge in [-0.05, 0) is 35.4 Å². The van der Waals surface area contributed by atoms with Gasteiger partial charge >= 0.3 is 0 Å². The van der Waals surface area contributed by atoms with E-state index >= 15 is 0 Å². The molecule has 0 saturated heterocycles. The average Bonchev–Trinajstić information content (AvgIpc) is 2.54. The third kappa shape index (κ3) is 6.18. The Balaban J connectivity index is 1.70. The monoisotopic (exact) mass is 349 g/mol. The van der Waals surface area contributed by atoms with Crippen molar-refractivity contribution in [1.82, 2.24) is 16.0 Å². The molecule has 23 heavy (non-hydrogen) atoms. The fourth-order valence-electron chi connectivity index (χ4n) is 1.80. The highest BCUT2D eigenvalue weighted by Gasteiger charge is 2.01. The predicted molar refractivity (Wildman–Crippen MR) is 95.2 cm³/mol. The van der Waals surface area contributed by atoms with E-state index in [9.17, 15) is 0 Å². The zero-order valence-corrected chi connectivity index (χ0v) is 13.8. The summed E-state index contributed by atoms with van der Waals surface area (Å²) in [6.45, 7) is 0.959. The maximum Gasteiger partial charge on any atom is 0.195 e. The Morgan fingerprint density at radius 2 is 1.04 bits per heavy atom. The SMILES string of the molecule is N=C(NCc1ccc(Cl)cc1)NC(=N)NCc1ccc(Cl)cc1. The summed E-state index contributed by atoms with van der Waals surface area (Å²) < 4.78 is 0. The van der Waals surface area contributed by atoms with E-state index in [1.54, 1.807) is 24.3 Å². The Labute approximate surface area is 145 Å². The van der Waals surface area contributed by atoms with Gasteiger partial charge in [-0.2, -0.15) is 0 Å². The van der Waals surface area contributed by atoms with Crippen molar-refractivity contribution in [2.75, 3.05) is 0 Å². The van der Waals surface area contributed by atoms with E-state index in [2.05, 4.69) is 16.0 Å². The lowest BCUT2D eigenvalue weighted by molar-refractivity contribution is 0.841. The van der Waals surface area contributed by atoms with Gasteiger partial charge in [-0.3, -0.25) is 16.1 Å². The van der Waals surface area contributed by atoms with E-state index in [4.69, 9.17) is 34.0 Å². The normalized spacial score (nSPS) is 10.0. The molecule has 0 saturated carbocycles. The van der Waals surface area contributed by atoms with E-state index in [1.807, 2.05) is 24.3 Å². The van der Waals surface area contributed by atoms with Crippen LogP contribution in [-0.4, -0.2) is 11.9 Å². The number of halogens is 2. The molecule has 7 heteroatoms. The molecule has 0 aliphatic carbocycles. The first-order valence-corrected chi connectivity index (χ1v) is 7.69. The van der Waals surface area contributed by atoms with Gasteiger partial charge in [0.15, 0.2) is 11.9 Å². The van der Waals surface area contributed by atoms with E-state index in [-0.39, 0.29) is 11.9 Å². The smallest absolute Gasteiger partial charge is 0.195 e. The first kappa shape index (κ1) is 17.1. The summed E-state index contributed by atoms with van der Waals surface area (Å²) in [6.07, 6.45) is 0. The minimum atomic E-state index is 0.0496. The van der Waals surface area contributed by atoms with Crippen molar-refractivity contribution in [2.45, 2.75) is 13.1 Å². The van der Waals surface area contributed by atoms with Crippen molar-refractivity contribution in [3.8, 4) is 0 Å². The van der Waals surface area contributed by atoms with Crippen molar-refractivity contribution in [1.29, 1.82) is 10.8 Å². The van der Waals surface area contributed by atoms with Crippen LogP contribution < -0.4 is 16.0 Å². The maximum atomic E-state index is 7.78. The number of nitrogens with one attached hydrogen (secondary N) is 5. The number of rotatable bonds is 4. The lowest BCUT2D eigenvalue weighted by Crippen LogP contribution is -2.45. The number of benzene rings is 2. The molecule has 0 radical (unpaired) electrons. The van der Waals surface area contributed by atoms with Crippen molar-refractivity contribution >= 4 is 35.1 Å². The van der Waals surface area contributed by atoms with Crippen LogP contribution >= 0.6 is 23.2 Å². The van der Waals surface area contributed by atoms with Crippen LogP contribution in [0.5, 0.6) is 0 Å². The molecule has 0 amide bonds. The average molecular weight is 350 g/mol. The van der Waals surface area contributed by atoms with Gasteiger partial charge in [-0.15, -0.1) is 0 Å². The molecule has 0 aliphatic heterocycles. The molecular formula is C16H17Cl2N5. The summed E-state index contributed by atoms with van der Waals surface area (Å²) in [5.41, 5.74) is 2.00. The highest BCUT2D eigenvalue weighted by molar-refractivity contribution is 6.30. The lowest BCUT2D eigenvalue weighted by atomic mass is 10.2. The van der Waals surface area contributed by atoms with Crippen LogP contribution in [0.2, 0.25) is 10.0 Å². The maximum absolute atomic E-state index is 7.78. The van der Waals surface area contributed by atoms with Crippen LogP contribution in [0.25, 0.3) is 0 Å². The van der Waals surface area contributed by atoms with E-state index in [0.29, 0.717) is 23.1 Å². The summed E-state index contributed by atoms with van der Waals surface area (Å²) >= 11 is 11.6. The van der Waals surface area contributed by atoms with Gasteiger partial charge in [0.25, 0.3) is 0 Å². The molecule has 0 spiro atoms. The fraction of sp³-hybridized carbons (Fsp3) is 0.125. The zero-order chi connectivity index (χ0) is 16.7. The molecular weight excluding hydrogens is 333 g/mol. The van der Waals surface area contributed by atoms with Crippen LogP contribution in [0.4, 0.5) is 0 Å². The third-order valence-corrected chi connectivity index (χ3v) is 3.52. The Morgan fingerprint density at radius 3 is 1.39 bits per heavy atom. The van der Waals surface area contributed by atoms with Gasteiger partial charge in [0.05, 0.1) is 0 Å². The molecule has 5 N–H and O–H groups in total. The van der Waals surface area contributed by atoms with Crippen LogP contribution in [-0.2, 0) is 13.1 Å². The summed E-state index contributed by atoms with van der Waals surface area (Å²) in [5.74, 6) is 0.0992. The third-order valence-electron chi connectivity index (χ3n) is 3.02. The van der Waals surface area contributed by atoms with E-state index in [1.165, 1.54) is 0 Å². The van der Waals surface area contributed by atoms with E-state index in [0.717, 1.165) is 11.1 Å². The molecule has 2 aromatic carbocycles. The van der Waals surface area contributed by atoms with Gasteiger partial charge in [0.2, 0.25) is 0 Å². The molecule has 2 rings (SSSR count). The predicted octanol–water partition coefficient (Wildman–Crippen LogP) is 3.33. The topological polar surface area (TPSA) is 83.8 Å². The molecule has 5 nitrogen and oxygen atoms in total. The lowest BCUT2D eigenvalue weighted by Gasteiger charge is -2.13. The van der Waals surface area contributed by atoms with Crippen molar-refractivity contribution in [3.05, 3.63) is 69.7 Å². The van der Waals surface area contributed by atoms with Crippen LogP contribution in [0, 0.1) is 10.8 Å². The molecule has 0 heterocycles. The fourth-order valence-corrected chi connectivity index (χ4v) is 2.05. The van der Waals surface area contributed by atoms with Gasteiger partial charge in [0.1, 0.15) is 0 Å². The highest BCUT2D eigenvalue weighted by atomic mass is 35.5. The Hall–Kier alpha value is -2.24. The van der Waals surface area contributed by atoms with Crippen molar-refractivity contribution in [3.63, 3.8) is 0 Å². The minimum Gasteiger partial charge on any atom is -0.352 e. The summed E-state index contributed by atoms with van der Waals surface area (Å²) in [6, 6.07) is 14.7. The van der Waals surface area contributed by atoms with E-state index < -0.39 is 0 Å². The number of hydrogen-bond donors (Lipinski definition) is 5. The Bertz CT molecular complexity index is 608. The van der Waals surface area contributed by atoms with Crippen LogP contribution in [0.3, 0.4) is 0 Å². The van der Waals surface area contributed by atoms with Gasteiger partial charge in [-0.25, -0.2) is 0 Å². The number of guanidine groups is 2. The molecule has 120 valence electrons. The molecule has 0 bridgehead atoms. The second-order valence-electron chi connectivity index (χ2n) is 4.84. The standard InChI is InChI=1S/C16H17Cl2N5/c17-13-5-1-11(2-6-13)9-21-15(19)23-16(20)22-10-12-3-7-14(18)8-4-12/h1-8H,9-10H2,(H5,19,20,21,22,23). The Morgan fingerprint density at radius 1 is 0.696 bits per heavy atom. The quantitative estimate of drug-likeness (QED) is 0.433. The summed E-state index contributed by atoms with van der Waals surface area (Å²) in [7, 11) is 0. The number of hydrogen-bond acceptors (Lipinski definition) is 2. The van der Waals surface area contributed by atoms with Gasteiger partial charge in [-0.1, -0.05) is 47.5 Å². The molecule has 0 atom stereocenters. The van der Waals surface area contributed by atoms with Gasteiger partial charge < -0.3 is 10.6 Å². The molecule has 0 unspecified atom stereocenters. The first-order valence-electron chi connectivity index (χ1n) is 6.93. The largest absolute Gasteiger partial charge is 0.352 e. The minimum absolute atomic E-state index is 0.0496. The zero-order valence-electron chi connectivity index (χ0n) is 12.3. The van der Waals surface area contributed by atoms with Crippen LogP contribution in [0.1, 0.15) is 11.1 Å². The second kappa shape index (κ2) is 8.41. The summed E-state index contributed by atoms with van der Waals surface area (Å²) in [5, 5.41) is 25.3. The van der Waals surface area contributed by atoms with Crippen molar-refractivity contribution < 1.29 is 0 Å². The summed E-state index contributed by atoms with van der Waals surface area (Å²) in [4.78, 5) is 0. The van der Waals surface area contributed by atoms with Crippen LogP contribution in [0.15, 0.2) is 48.5 Å². The molecule has 2 aromatic rings. The highest BCUT2D eigenvalue weighted by Crippen LogP contribution is 2.09. The van der Waals surface area contributed by atoms with Crippen molar-refractivity contribution in [2.24, 2.45) is 0 Å². The Kier molecular flexibility index (Phi) is 6.26. The second-order valence-corrected chi connectivity index (χ2v) is 5.71. The molecule has 0 aromatic heterocycles. The first-order chi connectivity index (χ1) is 11.0. The van der Waals surface area contributed by atoms with Gasteiger partial charge in [0, 0.05) is 23.1 Å². The molecule has 0 fully saturated rings.